The Labute approximate surface area is 134 Å². The van der Waals surface area contributed by atoms with Crippen molar-refractivity contribution in [1.29, 1.82) is 0 Å². The average Bonchev–Trinajstić information content (AvgIpc) is 2.46. The molecule has 0 spiro atoms. The molecule has 0 aliphatic carbocycles. The normalized spacial score (nSPS) is 10.2. The van der Waals surface area contributed by atoms with Crippen LogP contribution in [0.5, 0.6) is 11.5 Å². The number of carbonyl (C=O) groups is 1. The maximum Gasteiger partial charge on any atom is 0.197 e. The van der Waals surface area contributed by atoms with Gasteiger partial charge in [-0.3, -0.25) is 4.79 Å². The maximum absolute atomic E-state index is 12.6. The number of methoxy groups -OCH3 is 2. The van der Waals surface area contributed by atoms with Gasteiger partial charge in [0, 0.05) is 20.6 Å². The largest absolute Gasteiger partial charge is 0.497 e. The summed E-state index contributed by atoms with van der Waals surface area (Å²) in [6.07, 6.45) is 0. The van der Waals surface area contributed by atoms with Crippen LogP contribution in [0.3, 0.4) is 0 Å². The van der Waals surface area contributed by atoms with Crippen molar-refractivity contribution < 1.29 is 14.3 Å². The molecular weight excluding hydrogens is 388 g/mol. The summed E-state index contributed by atoms with van der Waals surface area (Å²) in [4.78, 5) is 12.6. The first-order valence-electron chi connectivity index (χ1n) is 5.78. The lowest BCUT2D eigenvalue weighted by Gasteiger charge is -2.12. The van der Waals surface area contributed by atoms with Crippen LogP contribution in [0.25, 0.3) is 0 Å². The standard InChI is InChI=1S/C15H12Br2O3/c1-19-11-7-12(17)14(13(8-11)20-2)15(18)9-3-5-10(16)6-4-9/h3-8H,1-2H3. The van der Waals surface area contributed by atoms with E-state index in [1.165, 1.54) is 7.11 Å². The molecule has 0 bridgehead atoms. The summed E-state index contributed by atoms with van der Waals surface area (Å²) in [6, 6.07) is 10.6. The molecule has 0 fully saturated rings. The van der Waals surface area contributed by atoms with Crippen molar-refractivity contribution in [3.05, 3.63) is 56.5 Å². The minimum atomic E-state index is -0.108. The van der Waals surface area contributed by atoms with Crippen molar-refractivity contribution in [2.75, 3.05) is 14.2 Å². The highest BCUT2D eigenvalue weighted by molar-refractivity contribution is 9.10. The van der Waals surface area contributed by atoms with Gasteiger partial charge in [0.05, 0.1) is 19.8 Å². The Morgan fingerprint density at radius 2 is 1.65 bits per heavy atom. The molecule has 0 aromatic heterocycles. The predicted octanol–water partition coefficient (Wildman–Crippen LogP) is 4.46. The zero-order valence-corrected chi connectivity index (χ0v) is 14.1. The van der Waals surface area contributed by atoms with Crippen LogP contribution >= 0.6 is 31.9 Å². The van der Waals surface area contributed by atoms with E-state index in [2.05, 4.69) is 31.9 Å². The highest BCUT2D eigenvalue weighted by Gasteiger charge is 2.19. The van der Waals surface area contributed by atoms with Crippen LogP contribution in [0.4, 0.5) is 0 Å². The van der Waals surface area contributed by atoms with E-state index in [4.69, 9.17) is 9.47 Å². The summed E-state index contributed by atoms with van der Waals surface area (Å²) in [6.45, 7) is 0. The van der Waals surface area contributed by atoms with Gasteiger partial charge in [-0.25, -0.2) is 0 Å². The molecule has 5 heteroatoms. The van der Waals surface area contributed by atoms with E-state index in [0.717, 1.165) is 4.47 Å². The number of hydrogen-bond donors (Lipinski definition) is 0. The summed E-state index contributed by atoms with van der Waals surface area (Å²) in [5.74, 6) is 0.995. The Morgan fingerprint density at radius 3 is 2.20 bits per heavy atom. The number of ether oxygens (including phenoxy) is 2. The highest BCUT2D eigenvalue weighted by atomic mass is 79.9. The molecule has 2 aromatic rings. The third-order valence-electron chi connectivity index (χ3n) is 2.82. The summed E-state index contributed by atoms with van der Waals surface area (Å²) in [7, 11) is 3.09. The van der Waals surface area contributed by atoms with Gasteiger partial charge in [-0.05, 0) is 46.3 Å². The lowest BCUT2D eigenvalue weighted by Crippen LogP contribution is -2.05. The van der Waals surface area contributed by atoms with Crippen LogP contribution in [0.2, 0.25) is 0 Å². The molecule has 0 heterocycles. The topological polar surface area (TPSA) is 35.5 Å². The molecule has 0 radical (unpaired) electrons. The molecular formula is C15H12Br2O3. The second kappa shape index (κ2) is 6.41. The molecule has 2 aromatic carbocycles. The first kappa shape index (κ1) is 15.1. The highest BCUT2D eigenvalue weighted by Crippen LogP contribution is 2.34. The fourth-order valence-corrected chi connectivity index (χ4v) is 2.67. The van der Waals surface area contributed by atoms with Crippen LogP contribution in [0.1, 0.15) is 15.9 Å². The molecule has 0 atom stereocenters. The van der Waals surface area contributed by atoms with Gasteiger partial charge in [0.2, 0.25) is 0 Å². The van der Waals surface area contributed by atoms with Crippen molar-refractivity contribution >= 4 is 37.6 Å². The number of carbonyl (C=O) groups excluding carboxylic acids is 1. The fraction of sp³-hybridized carbons (Fsp3) is 0.133. The van der Waals surface area contributed by atoms with E-state index in [0.29, 0.717) is 27.1 Å². The number of rotatable bonds is 4. The quantitative estimate of drug-likeness (QED) is 0.712. The van der Waals surface area contributed by atoms with Crippen molar-refractivity contribution in [2.24, 2.45) is 0 Å². The molecule has 0 N–H and O–H groups in total. The van der Waals surface area contributed by atoms with Gasteiger partial charge < -0.3 is 9.47 Å². The minimum absolute atomic E-state index is 0.108. The van der Waals surface area contributed by atoms with E-state index in [9.17, 15) is 4.79 Å². The van der Waals surface area contributed by atoms with Gasteiger partial charge in [0.15, 0.2) is 5.78 Å². The van der Waals surface area contributed by atoms with Gasteiger partial charge in [-0.1, -0.05) is 15.9 Å². The second-order valence-corrected chi connectivity index (χ2v) is 5.79. The fourth-order valence-electron chi connectivity index (χ4n) is 1.80. The smallest absolute Gasteiger partial charge is 0.197 e. The molecule has 0 saturated carbocycles. The van der Waals surface area contributed by atoms with Gasteiger partial charge in [0.1, 0.15) is 11.5 Å². The zero-order valence-electron chi connectivity index (χ0n) is 10.9. The third-order valence-corrected chi connectivity index (χ3v) is 3.97. The first-order valence-corrected chi connectivity index (χ1v) is 7.37. The molecule has 20 heavy (non-hydrogen) atoms. The van der Waals surface area contributed by atoms with E-state index in [1.807, 2.05) is 12.1 Å². The van der Waals surface area contributed by atoms with Crippen LogP contribution in [0.15, 0.2) is 45.3 Å². The van der Waals surface area contributed by atoms with E-state index >= 15 is 0 Å². The van der Waals surface area contributed by atoms with E-state index in [-0.39, 0.29) is 5.78 Å². The molecule has 0 aliphatic heterocycles. The summed E-state index contributed by atoms with van der Waals surface area (Å²) >= 11 is 6.75. The zero-order chi connectivity index (χ0) is 14.7. The molecule has 0 unspecified atom stereocenters. The number of hydrogen-bond acceptors (Lipinski definition) is 3. The lowest BCUT2D eigenvalue weighted by atomic mass is 10.0. The second-order valence-electron chi connectivity index (χ2n) is 4.02. The maximum atomic E-state index is 12.6. The average molecular weight is 400 g/mol. The molecule has 0 saturated heterocycles. The number of ketones is 1. The van der Waals surface area contributed by atoms with Gasteiger partial charge in [0.25, 0.3) is 0 Å². The third kappa shape index (κ3) is 3.04. The van der Waals surface area contributed by atoms with Crippen molar-refractivity contribution in [3.8, 4) is 11.5 Å². The van der Waals surface area contributed by atoms with E-state index < -0.39 is 0 Å². The van der Waals surface area contributed by atoms with E-state index in [1.54, 1.807) is 31.4 Å². The number of halogens is 2. The minimum Gasteiger partial charge on any atom is -0.497 e. The van der Waals surface area contributed by atoms with Crippen molar-refractivity contribution in [1.82, 2.24) is 0 Å². The Hall–Kier alpha value is -1.33. The van der Waals surface area contributed by atoms with Crippen LogP contribution < -0.4 is 9.47 Å². The van der Waals surface area contributed by atoms with Gasteiger partial charge in [-0.2, -0.15) is 0 Å². The summed E-state index contributed by atoms with van der Waals surface area (Å²) in [5, 5.41) is 0. The Bertz CT molecular complexity index is 636. The Balaban J connectivity index is 2.51. The monoisotopic (exact) mass is 398 g/mol. The molecule has 2 rings (SSSR count). The van der Waals surface area contributed by atoms with Crippen LogP contribution in [0, 0.1) is 0 Å². The van der Waals surface area contributed by atoms with Gasteiger partial charge >= 0.3 is 0 Å². The Kier molecular flexibility index (Phi) is 4.83. The van der Waals surface area contributed by atoms with Crippen LogP contribution in [-0.4, -0.2) is 20.0 Å². The predicted molar refractivity (Wildman–Crippen MR) is 84.8 cm³/mol. The summed E-state index contributed by atoms with van der Waals surface area (Å²) < 4.78 is 12.0. The SMILES string of the molecule is COc1cc(Br)c(C(=O)c2ccc(Br)cc2)c(OC)c1. The molecule has 104 valence electrons. The lowest BCUT2D eigenvalue weighted by molar-refractivity contribution is 0.103. The van der Waals surface area contributed by atoms with Crippen molar-refractivity contribution in [3.63, 3.8) is 0 Å². The molecule has 3 nitrogen and oxygen atoms in total. The molecule has 0 amide bonds. The first-order chi connectivity index (χ1) is 9.56. The number of benzene rings is 2. The van der Waals surface area contributed by atoms with Crippen LogP contribution in [-0.2, 0) is 0 Å². The molecule has 0 aliphatic rings. The summed E-state index contributed by atoms with van der Waals surface area (Å²) in [5.41, 5.74) is 1.08. The Morgan fingerprint density at radius 1 is 1.00 bits per heavy atom. The van der Waals surface area contributed by atoms with Gasteiger partial charge in [-0.15, -0.1) is 0 Å². The van der Waals surface area contributed by atoms with Crippen molar-refractivity contribution in [2.45, 2.75) is 0 Å².